The number of benzene rings is 1. The summed E-state index contributed by atoms with van der Waals surface area (Å²) >= 11 is 1.11. The van der Waals surface area contributed by atoms with Gasteiger partial charge in [0.05, 0.1) is 17.4 Å². The highest BCUT2D eigenvalue weighted by Gasteiger charge is 2.19. The minimum atomic E-state index is -3.52. The van der Waals surface area contributed by atoms with Crippen LogP contribution in [0.4, 0.5) is 5.69 Å². The van der Waals surface area contributed by atoms with Crippen LogP contribution in [0.25, 0.3) is 0 Å². The van der Waals surface area contributed by atoms with Gasteiger partial charge in [0.25, 0.3) is 10.0 Å². The molecule has 0 aliphatic carbocycles. The van der Waals surface area contributed by atoms with Crippen LogP contribution in [0.5, 0.6) is 0 Å². The van der Waals surface area contributed by atoms with Gasteiger partial charge in [0.2, 0.25) is 0 Å². The molecule has 0 amide bonds. The molecule has 2 aromatic rings. The Morgan fingerprint density at radius 3 is 3.05 bits per heavy atom. The molecule has 1 aliphatic rings. The molecule has 0 bridgehead atoms. The third-order valence-electron chi connectivity index (χ3n) is 3.06. The van der Waals surface area contributed by atoms with Gasteiger partial charge in [0, 0.05) is 6.54 Å². The monoisotopic (exact) mass is 295 g/mol. The van der Waals surface area contributed by atoms with Crippen LogP contribution in [0.1, 0.15) is 11.1 Å². The standard InChI is InChI=1S/C12H13N3O2S2/c16-19(17,12-7-14-8-18-12)15-11-3-1-2-9-6-13-5-4-10(9)11/h1-3,7-8,13,15H,4-6H2. The van der Waals surface area contributed by atoms with E-state index < -0.39 is 10.0 Å². The van der Waals surface area contributed by atoms with Crippen LogP contribution in [0.15, 0.2) is 34.1 Å². The predicted molar refractivity (Wildman–Crippen MR) is 74.8 cm³/mol. The second kappa shape index (κ2) is 4.92. The number of hydrogen-bond acceptors (Lipinski definition) is 5. The minimum absolute atomic E-state index is 0.235. The molecule has 100 valence electrons. The van der Waals surface area contributed by atoms with Crippen molar-refractivity contribution in [2.75, 3.05) is 11.3 Å². The van der Waals surface area contributed by atoms with Crippen molar-refractivity contribution in [1.82, 2.24) is 10.3 Å². The molecule has 0 spiro atoms. The van der Waals surface area contributed by atoms with Gasteiger partial charge < -0.3 is 5.32 Å². The zero-order valence-corrected chi connectivity index (χ0v) is 11.7. The number of nitrogens with one attached hydrogen (secondary N) is 2. The van der Waals surface area contributed by atoms with Crippen molar-refractivity contribution in [3.8, 4) is 0 Å². The number of sulfonamides is 1. The molecule has 5 nitrogen and oxygen atoms in total. The fourth-order valence-corrected chi connectivity index (χ4v) is 4.05. The topological polar surface area (TPSA) is 71.1 Å². The lowest BCUT2D eigenvalue weighted by Crippen LogP contribution is -2.25. The Kier molecular flexibility index (Phi) is 3.26. The van der Waals surface area contributed by atoms with Crippen molar-refractivity contribution in [2.24, 2.45) is 0 Å². The number of aromatic nitrogens is 1. The van der Waals surface area contributed by atoms with Crippen molar-refractivity contribution >= 4 is 27.0 Å². The van der Waals surface area contributed by atoms with E-state index in [1.54, 1.807) is 0 Å². The summed E-state index contributed by atoms with van der Waals surface area (Å²) in [7, 11) is -3.52. The van der Waals surface area contributed by atoms with Gasteiger partial charge in [-0.1, -0.05) is 12.1 Å². The van der Waals surface area contributed by atoms with Gasteiger partial charge in [-0.3, -0.25) is 9.71 Å². The summed E-state index contributed by atoms with van der Waals surface area (Å²) in [5.74, 6) is 0. The van der Waals surface area contributed by atoms with E-state index in [1.165, 1.54) is 11.7 Å². The van der Waals surface area contributed by atoms with Crippen LogP contribution in [0.3, 0.4) is 0 Å². The molecule has 1 aliphatic heterocycles. The van der Waals surface area contributed by atoms with Gasteiger partial charge in [-0.2, -0.15) is 0 Å². The summed E-state index contributed by atoms with van der Waals surface area (Å²) in [4.78, 5) is 3.81. The molecule has 19 heavy (non-hydrogen) atoms. The van der Waals surface area contributed by atoms with Crippen molar-refractivity contribution in [3.63, 3.8) is 0 Å². The third kappa shape index (κ3) is 2.49. The highest BCUT2D eigenvalue weighted by atomic mass is 32.2. The molecule has 0 atom stereocenters. The number of rotatable bonds is 3. The first-order valence-corrected chi connectivity index (χ1v) is 8.26. The lowest BCUT2D eigenvalue weighted by atomic mass is 9.99. The van der Waals surface area contributed by atoms with Crippen LogP contribution in [-0.4, -0.2) is 19.9 Å². The normalized spacial score (nSPS) is 14.9. The molecule has 0 unspecified atom stereocenters. The maximum absolute atomic E-state index is 12.2. The van der Waals surface area contributed by atoms with Crippen LogP contribution in [0, 0.1) is 0 Å². The lowest BCUT2D eigenvalue weighted by Gasteiger charge is -2.20. The number of anilines is 1. The number of hydrogen-bond donors (Lipinski definition) is 2. The van der Waals surface area contributed by atoms with Crippen molar-refractivity contribution in [2.45, 2.75) is 17.2 Å². The summed E-state index contributed by atoms with van der Waals surface area (Å²) in [5.41, 5.74) is 4.41. The van der Waals surface area contributed by atoms with Crippen LogP contribution >= 0.6 is 11.3 Å². The molecular formula is C12H13N3O2S2. The SMILES string of the molecule is O=S(=O)(Nc1cccc2c1CCNC2)c1cncs1. The zero-order valence-electron chi connectivity index (χ0n) is 10.1. The Balaban J connectivity index is 1.96. The Morgan fingerprint density at radius 2 is 2.26 bits per heavy atom. The Morgan fingerprint density at radius 1 is 1.37 bits per heavy atom. The molecule has 0 saturated heterocycles. The average molecular weight is 295 g/mol. The van der Waals surface area contributed by atoms with Crippen LogP contribution in [-0.2, 0) is 23.0 Å². The van der Waals surface area contributed by atoms with Crippen molar-refractivity contribution in [1.29, 1.82) is 0 Å². The summed E-state index contributed by atoms with van der Waals surface area (Å²) in [5, 5.41) is 3.27. The van der Waals surface area contributed by atoms with Crippen molar-refractivity contribution < 1.29 is 8.42 Å². The Bertz CT molecular complexity index is 681. The number of fused-ring (bicyclic) bond motifs is 1. The van der Waals surface area contributed by atoms with Gasteiger partial charge in [-0.25, -0.2) is 8.42 Å². The maximum Gasteiger partial charge on any atom is 0.273 e. The fourth-order valence-electron chi connectivity index (χ4n) is 2.16. The number of nitrogens with zero attached hydrogens (tertiary/aromatic N) is 1. The zero-order chi connectivity index (χ0) is 13.3. The predicted octanol–water partition coefficient (Wildman–Crippen LogP) is 1.59. The van der Waals surface area contributed by atoms with Gasteiger partial charge in [-0.15, -0.1) is 11.3 Å². The molecule has 0 radical (unpaired) electrons. The fraction of sp³-hybridized carbons (Fsp3) is 0.250. The second-order valence-electron chi connectivity index (χ2n) is 4.30. The molecule has 1 aromatic carbocycles. The first-order valence-electron chi connectivity index (χ1n) is 5.89. The highest BCUT2D eigenvalue weighted by molar-refractivity contribution is 7.94. The first kappa shape index (κ1) is 12.6. The van der Waals surface area contributed by atoms with Gasteiger partial charge in [-0.05, 0) is 30.2 Å². The lowest BCUT2D eigenvalue weighted by molar-refractivity contribution is 0.602. The van der Waals surface area contributed by atoms with E-state index in [4.69, 9.17) is 0 Å². The Hall–Kier alpha value is -1.44. The molecule has 0 saturated carbocycles. The van der Waals surface area contributed by atoms with Gasteiger partial charge >= 0.3 is 0 Å². The van der Waals surface area contributed by atoms with Crippen molar-refractivity contribution in [3.05, 3.63) is 41.0 Å². The van der Waals surface area contributed by atoms with E-state index in [-0.39, 0.29) is 4.21 Å². The molecule has 7 heteroatoms. The van der Waals surface area contributed by atoms with E-state index in [2.05, 4.69) is 15.0 Å². The van der Waals surface area contributed by atoms with Gasteiger partial charge in [0.15, 0.2) is 4.21 Å². The van der Waals surface area contributed by atoms with E-state index in [0.717, 1.165) is 42.0 Å². The van der Waals surface area contributed by atoms with E-state index >= 15 is 0 Å². The molecule has 3 rings (SSSR count). The molecular weight excluding hydrogens is 282 g/mol. The average Bonchev–Trinajstić information content (AvgIpc) is 2.93. The summed E-state index contributed by atoms with van der Waals surface area (Å²) < 4.78 is 27.3. The Labute approximate surface area is 115 Å². The summed E-state index contributed by atoms with van der Waals surface area (Å²) in [6.45, 7) is 1.65. The first-order chi connectivity index (χ1) is 9.17. The number of thiazole rings is 1. The van der Waals surface area contributed by atoms with E-state index in [0.29, 0.717) is 5.69 Å². The van der Waals surface area contributed by atoms with E-state index in [1.807, 2.05) is 18.2 Å². The highest BCUT2D eigenvalue weighted by Crippen LogP contribution is 2.26. The smallest absolute Gasteiger partial charge is 0.273 e. The molecule has 2 N–H and O–H groups in total. The summed E-state index contributed by atoms with van der Waals surface area (Å²) in [6, 6.07) is 5.70. The van der Waals surface area contributed by atoms with Gasteiger partial charge in [0.1, 0.15) is 0 Å². The molecule has 0 fully saturated rings. The molecule has 2 heterocycles. The minimum Gasteiger partial charge on any atom is -0.312 e. The summed E-state index contributed by atoms with van der Waals surface area (Å²) in [6.07, 6.45) is 2.20. The molecule has 1 aromatic heterocycles. The van der Waals surface area contributed by atoms with E-state index in [9.17, 15) is 8.42 Å². The quantitative estimate of drug-likeness (QED) is 0.902. The maximum atomic E-state index is 12.2. The van der Waals surface area contributed by atoms with Crippen LogP contribution in [0.2, 0.25) is 0 Å². The third-order valence-corrected chi connectivity index (χ3v) is 5.69. The second-order valence-corrected chi connectivity index (χ2v) is 7.09. The van der Waals surface area contributed by atoms with Crippen LogP contribution < -0.4 is 10.0 Å². The largest absolute Gasteiger partial charge is 0.312 e.